The Morgan fingerprint density at radius 1 is 0.571 bits per heavy atom. The average Bonchev–Trinajstić information content (AvgIpc) is 3.97. The van der Waals surface area contributed by atoms with Gasteiger partial charge in [-0.25, -0.2) is 4.98 Å². The maximum atomic E-state index is 13.4. The monoisotopic (exact) mass is 756 g/mol. The van der Waals surface area contributed by atoms with E-state index in [-0.39, 0.29) is 46.1 Å². The zero-order valence-corrected chi connectivity index (χ0v) is 30.5. The molecule has 16 heteroatoms. The highest BCUT2D eigenvalue weighted by Gasteiger charge is 2.36. The highest BCUT2D eigenvalue weighted by Crippen LogP contribution is 2.45. The number of methoxy groups -OCH3 is 5. The summed E-state index contributed by atoms with van der Waals surface area (Å²) >= 11 is 0. The Morgan fingerprint density at radius 3 is 1.68 bits per heavy atom. The lowest BCUT2D eigenvalue weighted by Gasteiger charge is -2.16. The highest BCUT2D eigenvalue weighted by atomic mass is 16.5. The van der Waals surface area contributed by atoms with E-state index in [0.717, 1.165) is 5.52 Å². The van der Waals surface area contributed by atoms with Gasteiger partial charge >= 0.3 is 0 Å². The van der Waals surface area contributed by atoms with E-state index in [1.54, 1.807) is 67.3 Å². The summed E-state index contributed by atoms with van der Waals surface area (Å²) < 4.78 is 34.0. The number of amides is 4. The highest BCUT2D eigenvalue weighted by molar-refractivity contribution is 6.51. The van der Waals surface area contributed by atoms with Gasteiger partial charge in [0.25, 0.3) is 23.6 Å². The molecule has 0 atom stereocenters. The Labute approximate surface area is 317 Å². The molecule has 6 aromatic rings. The number of rotatable bonds is 12. The summed E-state index contributed by atoms with van der Waals surface area (Å²) in [4.78, 5) is 68.5. The molecule has 2 aromatic carbocycles. The van der Waals surface area contributed by atoms with Crippen LogP contribution in [0.5, 0.6) is 34.5 Å². The molecule has 8 rings (SSSR count). The normalized spacial score (nSPS) is 14.2. The minimum atomic E-state index is -0.608. The topological polar surface area (TPSA) is 205 Å². The van der Waals surface area contributed by atoms with Gasteiger partial charge in [-0.3, -0.25) is 34.8 Å². The standard InChI is InChI=1S/C40H32N6O10/c1-51-26-10-18(11-27(52-2)35(26)54-4)31-33(40(50)46-38(31)48)23-16-43-25-7-6-20(44-34(23)25)17-56-29-13-19(12-28(53-3)36(29)55-5)30-32(39(49)45-37(30)47)22-15-42-24-8-9-41-14-21(22)24/h6-16,42-43H,17H2,1-5H3,(H,45,47,49)(H,46,48,50). The van der Waals surface area contributed by atoms with E-state index >= 15 is 0 Å². The van der Waals surface area contributed by atoms with Crippen LogP contribution in [-0.2, 0) is 25.8 Å². The molecule has 2 aliphatic heterocycles. The second kappa shape index (κ2) is 14.0. The molecular formula is C40H32N6O10. The first-order valence-corrected chi connectivity index (χ1v) is 17.0. The lowest BCUT2D eigenvalue weighted by molar-refractivity contribution is -0.124. The fourth-order valence-corrected chi connectivity index (χ4v) is 7.01. The third-order valence-corrected chi connectivity index (χ3v) is 9.53. The van der Waals surface area contributed by atoms with Crippen molar-refractivity contribution in [1.82, 2.24) is 30.6 Å². The Kier molecular flexibility index (Phi) is 8.84. The van der Waals surface area contributed by atoms with Crippen molar-refractivity contribution < 1.29 is 47.6 Å². The number of aromatic amines is 2. The van der Waals surface area contributed by atoms with Crippen molar-refractivity contribution in [3.8, 4) is 34.5 Å². The van der Waals surface area contributed by atoms with Gasteiger partial charge in [0.05, 0.1) is 74.6 Å². The molecule has 4 N–H and O–H groups in total. The third-order valence-electron chi connectivity index (χ3n) is 9.53. The molecule has 4 amide bonds. The average molecular weight is 757 g/mol. The van der Waals surface area contributed by atoms with Gasteiger partial charge in [-0.1, -0.05) is 0 Å². The molecule has 0 aliphatic carbocycles. The SMILES string of the molecule is COc1cc(C2=C(c3c[nH]c4ccc(COc5cc(C6=C(c7c[nH]c8ccncc78)C(=O)NC6=O)cc(OC)c5OC)nc34)C(=O)NC2=O)cc(OC)c1OC. The van der Waals surface area contributed by atoms with Gasteiger partial charge < -0.3 is 38.4 Å². The first kappa shape index (κ1) is 35.4. The number of benzene rings is 2. The van der Waals surface area contributed by atoms with Gasteiger partial charge in [0.15, 0.2) is 23.0 Å². The quantitative estimate of drug-likeness (QED) is 0.130. The molecular weight excluding hydrogens is 724 g/mol. The number of nitrogens with zero attached hydrogens (tertiary/aromatic N) is 2. The van der Waals surface area contributed by atoms with Crippen molar-refractivity contribution in [2.45, 2.75) is 6.61 Å². The molecule has 56 heavy (non-hydrogen) atoms. The first-order chi connectivity index (χ1) is 27.2. The van der Waals surface area contributed by atoms with E-state index in [1.165, 1.54) is 35.5 Å². The molecule has 0 radical (unpaired) electrons. The number of nitrogens with one attached hydrogen (secondary N) is 4. The Morgan fingerprint density at radius 2 is 1.09 bits per heavy atom. The summed E-state index contributed by atoms with van der Waals surface area (Å²) in [5.74, 6) is -0.749. The van der Waals surface area contributed by atoms with Crippen LogP contribution in [-0.4, -0.2) is 79.1 Å². The van der Waals surface area contributed by atoms with Crippen molar-refractivity contribution >= 4 is 67.9 Å². The van der Waals surface area contributed by atoms with Gasteiger partial charge in [0.2, 0.25) is 11.5 Å². The van der Waals surface area contributed by atoms with E-state index < -0.39 is 23.6 Å². The van der Waals surface area contributed by atoms with E-state index in [2.05, 4.69) is 25.6 Å². The van der Waals surface area contributed by atoms with Crippen molar-refractivity contribution in [1.29, 1.82) is 0 Å². The smallest absolute Gasteiger partial charge is 0.259 e. The Balaban J connectivity index is 1.18. The minimum Gasteiger partial charge on any atom is -0.493 e. The van der Waals surface area contributed by atoms with Gasteiger partial charge in [0.1, 0.15) is 6.61 Å². The van der Waals surface area contributed by atoms with Crippen LogP contribution in [0.4, 0.5) is 0 Å². The zero-order chi connectivity index (χ0) is 39.2. The molecule has 6 heterocycles. The van der Waals surface area contributed by atoms with Gasteiger partial charge in [0, 0.05) is 46.8 Å². The number of hydrogen-bond acceptors (Lipinski definition) is 12. The number of hydrogen-bond donors (Lipinski definition) is 4. The Hall–Kier alpha value is -7.62. The summed E-state index contributed by atoms with van der Waals surface area (Å²) in [5, 5.41) is 5.47. The van der Waals surface area contributed by atoms with Crippen LogP contribution < -0.4 is 39.1 Å². The van der Waals surface area contributed by atoms with Crippen LogP contribution in [0.25, 0.3) is 44.2 Å². The summed E-state index contributed by atoms with van der Waals surface area (Å²) in [5.41, 5.74) is 4.24. The number of fused-ring (bicyclic) bond motifs is 2. The van der Waals surface area contributed by atoms with Crippen molar-refractivity contribution in [2.75, 3.05) is 35.5 Å². The second-order valence-corrected chi connectivity index (χ2v) is 12.5. The zero-order valence-electron chi connectivity index (χ0n) is 30.5. The number of carbonyl (C=O) groups excluding carboxylic acids is 4. The fourth-order valence-electron chi connectivity index (χ4n) is 7.01. The summed E-state index contributed by atoms with van der Waals surface area (Å²) in [6.07, 6.45) is 6.50. The number of carbonyl (C=O) groups is 4. The van der Waals surface area contributed by atoms with E-state index in [9.17, 15) is 19.2 Å². The third kappa shape index (κ3) is 5.71. The molecule has 282 valence electrons. The van der Waals surface area contributed by atoms with Crippen LogP contribution in [0.15, 0.2) is 67.3 Å². The first-order valence-electron chi connectivity index (χ1n) is 17.0. The second-order valence-electron chi connectivity index (χ2n) is 12.5. The number of imide groups is 2. The van der Waals surface area contributed by atoms with Crippen molar-refractivity contribution in [2.24, 2.45) is 0 Å². The maximum Gasteiger partial charge on any atom is 0.259 e. The molecule has 4 aromatic heterocycles. The fraction of sp³-hybridized carbons (Fsp3) is 0.150. The molecule has 0 saturated carbocycles. The molecule has 0 fully saturated rings. The van der Waals surface area contributed by atoms with Crippen LogP contribution >= 0.6 is 0 Å². The lowest BCUT2D eigenvalue weighted by Crippen LogP contribution is -2.22. The lowest BCUT2D eigenvalue weighted by atomic mass is 9.96. The molecule has 0 unspecified atom stereocenters. The number of H-pyrrole nitrogens is 2. The van der Waals surface area contributed by atoms with Crippen LogP contribution in [0.2, 0.25) is 0 Å². The number of ether oxygens (including phenoxy) is 6. The summed E-state index contributed by atoms with van der Waals surface area (Å²) in [6.45, 7) is -0.0986. The molecule has 0 bridgehead atoms. The molecule has 16 nitrogen and oxygen atoms in total. The summed E-state index contributed by atoms with van der Waals surface area (Å²) in [6, 6.07) is 11.6. The van der Waals surface area contributed by atoms with E-state index in [4.69, 9.17) is 33.4 Å². The summed E-state index contributed by atoms with van der Waals surface area (Å²) in [7, 11) is 7.26. The van der Waals surface area contributed by atoms with Gasteiger partial charge in [-0.05, 0) is 53.6 Å². The largest absolute Gasteiger partial charge is 0.493 e. The van der Waals surface area contributed by atoms with Gasteiger partial charge in [-0.15, -0.1) is 0 Å². The van der Waals surface area contributed by atoms with E-state index in [0.29, 0.717) is 61.6 Å². The Bertz CT molecular complexity index is 2700. The molecule has 0 spiro atoms. The molecule has 2 aliphatic rings. The maximum absolute atomic E-state index is 13.4. The van der Waals surface area contributed by atoms with E-state index in [1.807, 2.05) is 0 Å². The van der Waals surface area contributed by atoms with Crippen LogP contribution in [0, 0.1) is 0 Å². The van der Waals surface area contributed by atoms with Crippen molar-refractivity contribution in [3.63, 3.8) is 0 Å². The number of pyridine rings is 2. The molecule has 0 saturated heterocycles. The minimum absolute atomic E-state index is 0.0965. The van der Waals surface area contributed by atoms with Gasteiger partial charge in [-0.2, -0.15) is 0 Å². The van der Waals surface area contributed by atoms with Crippen LogP contribution in [0.3, 0.4) is 0 Å². The van der Waals surface area contributed by atoms with Crippen molar-refractivity contribution in [3.05, 3.63) is 95.2 Å². The number of aromatic nitrogens is 4. The van der Waals surface area contributed by atoms with Crippen LogP contribution in [0.1, 0.15) is 27.9 Å². The predicted octanol–water partition coefficient (Wildman–Crippen LogP) is 4.20. The predicted molar refractivity (Wildman–Crippen MR) is 202 cm³/mol.